The van der Waals surface area contributed by atoms with E-state index in [9.17, 15) is 13.6 Å². The Morgan fingerprint density at radius 3 is 2.60 bits per heavy atom. The predicted molar refractivity (Wildman–Crippen MR) is 72.3 cm³/mol. The second kappa shape index (κ2) is 7.19. The van der Waals surface area contributed by atoms with Crippen LogP contribution in [-0.4, -0.2) is 24.8 Å². The SMILES string of the molecule is CC(C)(C)OC(=O)NCCNCc1cc(F)ccc1F. The van der Waals surface area contributed by atoms with Crippen molar-refractivity contribution in [3.05, 3.63) is 35.4 Å². The number of ether oxygens (including phenoxy) is 1. The lowest BCUT2D eigenvalue weighted by Crippen LogP contribution is -2.36. The van der Waals surface area contributed by atoms with Gasteiger partial charge in [-0.05, 0) is 39.0 Å². The van der Waals surface area contributed by atoms with Gasteiger partial charge in [0.2, 0.25) is 0 Å². The Labute approximate surface area is 117 Å². The van der Waals surface area contributed by atoms with Gasteiger partial charge in [0.25, 0.3) is 0 Å². The lowest BCUT2D eigenvalue weighted by Gasteiger charge is -2.19. The Bertz CT molecular complexity index is 459. The highest BCUT2D eigenvalue weighted by Crippen LogP contribution is 2.09. The molecule has 0 spiro atoms. The van der Waals surface area contributed by atoms with E-state index < -0.39 is 23.3 Å². The van der Waals surface area contributed by atoms with Crippen molar-refractivity contribution >= 4 is 6.09 Å². The van der Waals surface area contributed by atoms with Gasteiger partial charge < -0.3 is 15.4 Å². The zero-order valence-electron chi connectivity index (χ0n) is 11.9. The number of carbonyl (C=O) groups excluding carboxylic acids is 1. The van der Waals surface area contributed by atoms with Gasteiger partial charge in [-0.3, -0.25) is 0 Å². The molecule has 6 heteroatoms. The molecule has 0 unspecified atom stereocenters. The third kappa shape index (κ3) is 6.47. The number of alkyl carbamates (subject to hydrolysis) is 1. The summed E-state index contributed by atoms with van der Waals surface area (Å²) in [5.41, 5.74) is -0.287. The first-order valence-electron chi connectivity index (χ1n) is 6.39. The summed E-state index contributed by atoms with van der Waals surface area (Å²) in [6, 6.07) is 3.30. The molecule has 0 fully saturated rings. The molecule has 0 aliphatic carbocycles. The Balaban J connectivity index is 2.22. The van der Waals surface area contributed by atoms with Crippen LogP contribution in [0.2, 0.25) is 0 Å². The van der Waals surface area contributed by atoms with Gasteiger partial charge in [-0.1, -0.05) is 0 Å². The van der Waals surface area contributed by atoms with Crippen LogP contribution in [0.1, 0.15) is 26.3 Å². The van der Waals surface area contributed by atoms with Gasteiger partial charge in [-0.2, -0.15) is 0 Å². The largest absolute Gasteiger partial charge is 0.444 e. The average molecular weight is 286 g/mol. The van der Waals surface area contributed by atoms with E-state index in [0.29, 0.717) is 13.1 Å². The molecule has 4 nitrogen and oxygen atoms in total. The van der Waals surface area contributed by atoms with E-state index in [-0.39, 0.29) is 12.1 Å². The van der Waals surface area contributed by atoms with Crippen molar-refractivity contribution in [2.75, 3.05) is 13.1 Å². The minimum atomic E-state index is -0.539. The molecule has 0 saturated carbocycles. The van der Waals surface area contributed by atoms with Crippen LogP contribution in [0.15, 0.2) is 18.2 Å². The number of rotatable bonds is 5. The summed E-state index contributed by atoms with van der Waals surface area (Å²) in [4.78, 5) is 11.3. The Kier molecular flexibility index (Phi) is 5.88. The third-order valence-electron chi connectivity index (χ3n) is 2.29. The smallest absolute Gasteiger partial charge is 0.407 e. The first kappa shape index (κ1) is 16.4. The highest BCUT2D eigenvalue weighted by molar-refractivity contribution is 5.67. The standard InChI is InChI=1S/C14H20F2N2O2/c1-14(2,3)20-13(19)18-7-6-17-9-10-8-11(15)4-5-12(10)16/h4-5,8,17H,6-7,9H2,1-3H3,(H,18,19). The number of amides is 1. The van der Waals surface area contributed by atoms with Crippen molar-refractivity contribution in [3.8, 4) is 0 Å². The molecule has 0 saturated heterocycles. The quantitative estimate of drug-likeness (QED) is 0.818. The number of hydrogen-bond acceptors (Lipinski definition) is 3. The average Bonchev–Trinajstić information content (AvgIpc) is 2.30. The first-order valence-corrected chi connectivity index (χ1v) is 6.39. The molecule has 112 valence electrons. The van der Waals surface area contributed by atoms with E-state index in [1.807, 2.05) is 0 Å². The maximum absolute atomic E-state index is 13.3. The summed E-state index contributed by atoms with van der Waals surface area (Å²) in [5, 5.41) is 5.47. The summed E-state index contributed by atoms with van der Waals surface area (Å²) in [6.07, 6.45) is -0.503. The molecule has 20 heavy (non-hydrogen) atoms. The van der Waals surface area contributed by atoms with Crippen LogP contribution in [0.25, 0.3) is 0 Å². The van der Waals surface area contributed by atoms with E-state index in [2.05, 4.69) is 10.6 Å². The summed E-state index contributed by atoms with van der Waals surface area (Å²) in [6.45, 7) is 6.29. The van der Waals surface area contributed by atoms with E-state index in [1.165, 1.54) is 0 Å². The molecular formula is C14H20F2N2O2. The molecule has 2 N–H and O–H groups in total. The zero-order valence-corrected chi connectivity index (χ0v) is 11.9. The predicted octanol–water partition coefficient (Wildman–Crippen LogP) is 2.58. The van der Waals surface area contributed by atoms with E-state index in [4.69, 9.17) is 4.74 Å². The summed E-state index contributed by atoms with van der Waals surface area (Å²) >= 11 is 0. The first-order chi connectivity index (χ1) is 9.28. The molecule has 0 radical (unpaired) electrons. The Hall–Kier alpha value is -1.69. The normalized spacial score (nSPS) is 11.2. The third-order valence-corrected chi connectivity index (χ3v) is 2.29. The van der Waals surface area contributed by atoms with Gasteiger partial charge in [-0.15, -0.1) is 0 Å². The Morgan fingerprint density at radius 1 is 1.25 bits per heavy atom. The lowest BCUT2D eigenvalue weighted by atomic mass is 10.2. The second-order valence-corrected chi connectivity index (χ2v) is 5.34. The molecule has 0 aromatic heterocycles. The summed E-state index contributed by atoms with van der Waals surface area (Å²) in [7, 11) is 0. The van der Waals surface area contributed by atoms with Crippen molar-refractivity contribution in [1.29, 1.82) is 0 Å². The molecule has 0 aliphatic rings. The van der Waals surface area contributed by atoms with Gasteiger partial charge >= 0.3 is 6.09 Å². The monoisotopic (exact) mass is 286 g/mol. The van der Waals surface area contributed by atoms with Crippen molar-refractivity contribution in [2.45, 2.75) is 32.9 Å². The molecule has 0 atom stereocenters. The molecule has 0 heterocycles. The minimum absolute atomic E-state index is 0.194. The van der Waals surface area contributed by atoms with Crippen LogP contribution in [0, 0.1) is 11.6 Å². The van der Waals surface area contributed by atoms with E-state index >= 15 is 0 Å². The van der Waals surface area contributed by atoms with Crippen molar-refractivity contribution in [1.82, 2.24) is 10.6 Å². The number of carbonyl (C=O) groups is 1. The number of hydrogen-bond donors (Lipinski definition) is 2. The van der Waals surface area contributed by atoms with Crippen LogP contribution in [0.5, 0.6) is 0 Å². The fourth-order valence-electron chi connectivity index (χ4n) is 1.47. The second-order valence-electron chi connectivity index (χ2n) is 5.34. The topological polar surface area (TPSA) is 50.4 Å². The zero-order chi connectivity index (χ0) is 15.2. The fourth-order valence-corrected chi connectivity index (χ4v) is 1.47. The van der Waals surface area contributed by atoms with Crippen LogP contribution in [0.3, 0.4) is 0 Å². The molecule has 1 rings (SSSR count). The van der Waals surface area contributed by atoms with E-state index in [1.54, 1.807) is 20.8 Å². The highest BCUT2D eigenvalue weighted by Gasteiger charge is 2.15. The van der Waals surface area contributed by atoms with Crippen LogP contribution in [-0.2, 0) is 11.3 Å². The highest BCUT2D eigenvalue weighted by atomic mass is 19.1. The minimum Gasteiger partial charge on any atom is -0.444 e. The van der Waals surface area contributed by atoms with E-state index in [0.717, 1.165) is 18.2 Å². The van der Waals surface area contributed by atoms with Gasteiger partial charge in [0, 0.05) is 25.2 Å². The number of halogens is 2. The molecule has 0 aliphatic heterocycles. The number of benzene rings is 1. The summed E-state index contributed by atoms with van der Waals surface area (Å²) < 4.78 is 31.3. The molecular weight excluding hydrogens is 266 g/mol. The van der Waals surface area contributed by atoms with Gasteiger partial charge in [-0.25, -0.2) is 13.6 Å². The van der Waals surface area contributed by atoms with Gasteiger partial charge in [0.15, 0.2) is 0 Å². The summed E-state index contributed by atoms with van der Waals surface area (Å²) in [5.74, 6) is -0.936. The van der Waals surface area contributed by atoms with Crippen molar-refractivity contribution in [2.24, 2.45) is 0 Å². The molecule has 1 aromatic rings. The lowest BCUT2D eigenvalue weighted by molar-refractivity contribution is 0.0528. The molecule has 1 aromatic carbocycles. The van der Waals surface area contributed by atoms with Gasteiger partial charge in [0.1, 0.15) is 17.2 Å². The van der Waals surface area contributed by atoms with Crippen molar-refractivity contribution < 1.29 is 18.3 Å². The van der Waals surface area contributed by atoms with Crippen LogP contribution in [0.4, 0.5) is 13.6 Å². The fraction of sp³-hybridized carbons (Fsp3) is 0.500. The Morgan fingerprint density at radius 2 is 1.95 bits per heavy atom. The van der Waals surface area contributed by atoms with Crippen LogP contribution >= 0.6 is 0 Å². The number of nitrogens with one attached hydrogen (secondary N) is 2. The van der Waals surface area contributed by atoms with Crippen molar-refractivity contribution in [3.63, 3.8) is 0 Å². The molecule has 0 bridgehead atoms. The van der Waals surface area contributed by atoms with Gasteiger partial charge in [0.05, 0.1) is 0 Å². The van der Waals surface area contributed by atoms with Crippen LogP contribution < -0.4 is 10.6 Å². The maximum Gasteiger partial charge on any atom is 0.407 e. The maximum atomic E-state index is 13.3. The molecule has 1 amide bonds.